The number of thioether (sulfide) groups is 1. The molecule has 1 aliphatic heterocycles. The summed E-state index contributed by atoms with van der Waals surface area (Å²) in [5.74, 6) is 2.71. The minimum Gasteiger partial charge on any atom is -0.497 e. The molecule has 1 aliphatic rings. The summed E-state index contributed by atoms with van der Waals surface area (Å²) in [6, 6.07) is 12.6. The Balaban J connectivity index is 2.06. The molecule has 0 amide bonds. The van der Waals surface area contributed by atoms with Crippen molar-refractivity contribution in [2.24, 2.45) is 5.41 Å². The van der Waals surface area contributed by atoms with Crippen molar-refractivity contribution in [1.29, 1.82) is 0 Å². The summed E-state index contributed by atoms with van der Waals surface area (Å²) in [6.07, 6.45) is 5.55. The van der Waals surface area contributed by atoms with Crippen molar-refractivity contribution in [2.45, 2.75) is 51.0 Å². The lowest BCUT2D eigenvalue weighted by Gasteiger charge is -2.37. The number of carbonyl (C=O) groups is 1. The Kier molecular flexibility index (Phi) is 8.88. The first-order chi connectivity index (χ1) is 15.6. The molecule has 0 radical (unpaired) electrons. The van der Waals surface area contributed by atoms with E-state index in [2.05, 4.69) is 43.0 Å². The Hall–Kier alpha value is -2.18. The molecule has 32 heavy (non-hydrogen) atoms. The van der Waals surface area contributed by atoms with E-state index in [1.54, 1.807) is 14.2 Å². The number of benzene rings is 2. The van der Waals surface area contributed by atoms with E-state index in [1.165, 1.54) is 24.2 Å². The lowest BCUT2D eigenvalue weighted by atomic mass is 9.81. The van der Waals surface area contributed by atoms with E-state index in [9.17, 15) is 4.79 Å². The molecular weight excluding hydrogens is 422 g/mol. The van der Waals surface area contributed by atoms with Crippen LogP contribution in [-0.2, 0) is 16.1 Å². The fourth-order valence-electron chi connectivity index (χ4n) is 4.22. The molecule has 0 bridgehead atoms. The second kappa shape index (κ2) is 11.6. The topological polar surface area (TPSA) is 48.0 Å². The summed E-state index contributed by atoms with van der Waals surface area (Å²) in [6.45, 7) is 5.98. The maximum Gasteiger partial charge on any atom is 0.145 e. The van der Waals surface area contributed by atoms with E-state index in [0.29, 0.717) is 6.61 Å². The first-order valence-electron chi connectivity index (χ1n) is 11.4. The second-order valence-corrected chi connectivity index (χ2v) is 9.36. The predicted octanol–water partition coefficient (Wildman–Crippen LogP) is 6.25. The first kappa shape index (κ1) is 24.5. The highest BCUT2D eigenvalue weighted by Gasteiger charge is 2.35. The van der Waals surface area contributed by atoms with E-state index in [1.807, 2.05) is 23.9 Å². The van der Waals surface area contributed by atoms with E-state index in [4.69, 9.17) is 14.2 Å². The smallest absolute Gasteiger partial charge is 0.145 e. The molecule has 174 valence electrons. The van der Waals surface area contributed by atoms with Crippen LogP contribution >= 0.6 is 11.8 Å². The van der Waals surface area contributed by atoms with Crippen molar-refractivity contribution in [1.82, 2.24) is 0 Å². The molecule has 0 saturated heterocycles. The van der Waals surface area contributed by atoms with Crippen molar-refractivity contribution in [2.75, 3.05) is 38.0 Å². The summed E-state index contributed by atoms with van der Waals surface area (Å²) in [5.41, 5.74) is 3.49. The van der Waals surface area contributed by atoms with Crippen LogP contribution in [0.25, 0.3) is 0 Å². The normalized spacial score (nSPS) is 18.1. The Morgan fingerprint density at radius 1 is 1.12 bits per heavy atom. The SMILES string of the molecule is CCCCC1(CC)CSc2cc(COCC=O)c(OC)cc2N(c2ccc(OC)cc2)C1. The van der Waals surface area contributed by atoms with Crippen molar-refractivity contribution in [3.05, 3.63) is 42.0 Å². The number of aldehydes is 1. The number of rotatable bonds is 11. The third kappa shape index (κ3) is 5.59. The van der Waals surface area contributed by atoms with E-state index < -0.39 is 0 Å². The van der Waals surface area contributed by atoms with Crippen molar-refractivity contribution in [3.63, 3.8) is 0 Å². The maximum absolute atomic E-state index is 10.7. The van der Waals surface area contributed by atoms with Gasteiger partial charge in [0, 0.05) is 34.5 Å². The summed E-state index contributed by atoms with van der Waals surface area (Å²) in [5, 5.41) is 0. The van der Waals surface area contributed by atoms with Crippen molar-refractivity contribution < 1.29 is 19.0 Å². The standard InChI is InChI=1S/C26H35NO4S/c1-5-7-12-26(6-2)18-27(21-8-10-22(29-3)11-9-21)23-16-24(30-4)20(17-31-14-13-28)15-25(23)32-19-26/h8-11,13,15-16H,5-7,12,14,17-19H2,1-4H3. The molecule has 0 saturated carbocycles. The largest absolute Gasteiger partial charge is 0.497 e. The highest BCUT2D eigenvalue weighted by atomic mass is 32.2. The van der Waals surface area contributed by atoms with E-state index in [-0.39, 0.29) is 12.0 Å². The van der Waals surface area contributed by atoms with Crippen LogP contribution < -0.4 is 14.4 Å². The Morgan fingerprint density at radius 3 is 2.53 bits per heavy atom. The van der Waals surface area contributed by atoms with Gasteiger partial charge in [-0.25, -0.2) is 0 Å². The molecule has 0 spiro atoms. The third-order valence-corrected chi connectivity index (χ3v) is 7.71. The highest BCUT2D eigenvalue weighted by Crippen LogP contribution is 2.48. The Labute approximate surface area is 196 Å². The lowest BCUT2D eigenvalue weighted by Crippen LogP contribution is -2.36. The molecule has 1 atom stereocenters. The van der Waals surface area contributed by atoms with Crippen LogP contribution in [0.15, 0.2) is 41.3 Å². The summed E-state index contributed by atoms with van der Waals surface area (Å²) in [4.78, 5) is 14.3. The second-order valence-electron chi connectivity index (χ2n) is 8.34. The van der Waals surface area contributed by atoms with Crippen molar-refractivity contribution >= 4 is 29.4 Å². The molecule has 0 N–H and O–H groups in total. The van der Waals surface area contributed by atoms with Gasteiger partial charge in [0.2, 0.25) is 0 Å². The van der Waals surface area contributed by atoms with Gasteiger partial charge < -0.3 is 23.9 Å². The van der Waals surface area contributed by atoms with Gasteiger partial charge in [-0.1, -0.05) is 26.7 Å². The molecule has 2 aromatic carbocycles. The van der Waals surface area contributed by atoms with Gasteiger partial charge in [0.1, 0.15) is 24.4 Å². The zero-order valence-electron chi connectivity index (χ0n) is 19.7. The van der Waals surface area contributed by atoms with Crippen LogP contribution in [0.1, 0.15) is 45.1 Å². The van der Waals surface area contributed by atoms with Gasteiger partial charge in [-0.05, 0) is 48.6 Å². The Morgan fingerprint density at radius 2 is 1.91 bits per heavy atom. The van der Waals surface area contributed by atoms with Crippen LogP contribution in [0.2, 0.25) is 0 Å². The quantitative estimate of drug-likeness (QED) is 0.294. The van der Waals surface area contributed by atoms with Gasteiger partial charge in [0.05, 0.1) is 26.5 Å². The van der Waals surface area contributed by atoms with Crippen LogP contribution in [0.5, 0.6) is 11.5 Å². The van der Waals surface area contributed by atoms with Gasteiger partial charge in [-0.3, -0.25) is 0 Å². The van der Waals surface area contributed by atoms with Crippen molar-refractivity contribution in [3.8, 4) is 11.5 Å². The monoisotopic (exact) mass is 457 g/mol. The summed E-state index contributed by atoms with van der Waals surface area (Å²) >= 11 is 1.92. The third-order valence-electron chi connectivity index (χ3n) is 6.32. The lowest BCUT2D eigenvalue weighted by molar-refractivity contribution is -0.112. The van der Waals surface area contributed by atoms with E-state index >= 15 is 0 Å². The number of unbranched alkanes of at least 4 members (excludes halogenated alkanes) is 1. The molecule has 3 rings (SSSR count). The minimum atomic E-state index is 0.0846. The molecular formula is C26H35NO4S. The molecule has 6 heteroatoms. The van der Waals surface area contributed by atoms with Gasteiger partial charge in [0.15, 0.2) is 0 Å². The number of anilines is 2. The van der Waals surface area contributed by atoms with E-state index in [0.717, 1.165) is 53.4 Å². The number of hydrogen-bond acceptors (Lipinski definition) is 6. The molecule has 0 fully saturated rings. The van der Waals surface area contributed by atoms with Gasteiger partial charge in [0.25, 0.3) is 0 Å². The van der Waals surface area contributed by atoms with Crippen LogP contribution in [-0.4, -0.2) is 39.4 Å². The van der Waals surface area contributed by atoms with Crippen LogP contribution in [0.3, 0.4) is 0 Å². The molecule has 1 heterocycles. The molecule has 0 aromatic heterocycles. The molecule has 1 unspecified atom stereocenters. The number of carbonyl (C=O) groups excluding carboxylic acids is 1. The first-order valence-corrected chi connectivity index (χ1v) is 12.3. The average Bonchev–Trinajstić information content (AvgIpc) is 2.99. The number of ether oxygens (including phenoxy) is 3. The average molecular weight is 458 g/mol. The number of fused-ring (bicyclic) bond motifs is 1. The summed E-state index contributed by atoms with van der Waals surface area (Å²) in [7, 11) is 3.38. The number of methoxy groups -OCH3 is 2. The number of nitrogens with zero attached hydrogens (tertiary/aromatic N) is 1. The minimum absolute atomic E-state index is 0.0846. The fourth-order valence-corrected chi connectivity index (χ4v) is 5.66. The number of hydrogen-bond donors (Lipinski definition) is 0. The highest BCUT2D eigenvalue weighted by molar-refractivity contribution is 7.99. The predicted molar refractivity (Wildman–Crippen MR) is 132 cm³/mol. The maximum atomic E-state index is 10.7. The zero-order valence-corrected chi connectivity index (χ0v) is 20.5. The van der Waals surface area contributed by atoms with Crippen LogP contribution in [0.4, 0.5) is 11.4 Å². The molecule has 5 nitrogen and oxygen atoms in total. The Bertz CT molecular complexity index is 886. The van der Waals surface area contributed by atoms with Gasteiger partial charge in [-0.15, -0.1) is 11.8 Å². The fraction of sp³-hybridized carbons (Fsp3) is 0.500. The summed E-state index contributed by atoms with van der Waals surface area (Å²) < 4.78 is 16.6. The molecule has 2 aromatic rings. The van der Waals surface area contributed by atoms with Gasteiger partial charge >= 0.3 is 0 Å². The molecule has 0 aliphatic carbocycles. The van der Waals surface area contributed by atoms with Gasteiger partial charge in [-0.2, -0.15) is 0 Å². The zero-order chi connectivity index (χ0) is 23.0. The van der Waals surface area contributed by atoms with Crippen LogP contribution in [0, 0.1) is 5.41 Å².